The Bertz CT molecular complexity index is 1380. The number of pyridine rings is 2. The molecule has 162 valence electrons. The molecule has 2 aromatic heterocycles. The summed E-state index contributed by atoms with van der Waals surface area (Å²) >= 11 is 3.64. The Morgan fingerprint density at radius 1 is 0.677 bits per heavy atom. The first-order chi connectivity index (χ1) is 14.2. The Morgan fingerprint density at radius 2 is 1.19 bits per heavy atom. The fraction of sp³-hybridized carbons (Fsp3) is 0.0455. The van der Waals surface area contributed by atoms with Crippen molar-refractivity contribution in [3.63, 3.8) is 0 Å². The Kier molecular flexibility index (Phi) is 4.59. The zero-order valence-corrected chi connectivity index (χ0v) is 18.4. The van der Waals surface area contributed by atoms with Gasteiger partial charge in [-0.3, -0.25) is 0 Å². The van der Waals surface area contributed by atoms with E-state index in [-0.39, 0.29) is 0 Å². The number of nitrogens with zero attached hydrogens (tertiary/aromatic N) is 1. The van der Waals surface area contributed by atoms with Gasteiger partial charge < -0.3 is 0 Å². The molecule has 2 heterocycles. The van der Waals surface area contributed by atoms with Gasteiger partial charge in [0.05, 0.1) is 10.8 Å². The Morgan fingerprint density at radius 3 is 1.87 bits per heavy atom. The first-order valence-electron chi connectivity index (χ1n) is 9.07. The van der Waals surface area contributed by atoms with Gasteiger partial charge in [0.2, 0.25) is 5.52 Å². The molecule has 1 nitrogen and oxygen atoms in total. The molecule has 0 bridgehead atoms. The second-order valence-corrected chi connectivity index (χ2v) is 10.2. The van der Waals surface area contributed by atoms with Crippen molar-refractivity contribution in [2.24, 2.45) is 0 Å². The van der Waals surface area contributed by atoms with Crippen molar-refractivity contribution < 1.29 is 29.6 Å². The molecule has 0 spiro atoms. The minimum absolute atomic E-state index is 1.11. The second kappa shape index (κ2) is 6.53. The third kappa shape index (κ3) is 5.25. The number of hydrogen-bond donors (Lipinski definition) is 0. The summed E-state index contributed by atoms with van der Waals surface area (Å²) < 4.78 is 62.5. The van der Waals surface area contributed by atoms with E-state index >= 15 is 0 Å². The predicted molar refractivity (Wildman–Crippen MR) is 118 cm³/mol. The van der Waals surface area contributed by atoms with Crippen molar-refractivity contribution in [1.82, 2.24) is 0 Å². The van der Waals surface area contributed by atoms with Crippen molar-refractivity contribution in [3.05, 3.63) is 83.1 Å². The van der Waals surface area contributed by atoms with Crippen LogP contribution in [0.25, 0.3) is 37.8 Å². The number of aryl methyl sites for hydroxylation is 1. The average Bonchev–Trinajstić information content (AvgIpc) is 2.64. The van der Waals surface area contributed by atoms with Crippen molar-refractivity contribution in [2.45, 2.75) is 6.92 Å². The van der Waals surface area contributed by atoms with Gasteiger partial charge in [-0.05, 0) is 46.7 Å². The van der Waals surface area contributed by atoms with Gasteiger partial charge in [-0.1, -0.05) is 51.8 Å². The average molecular weight is 518 g/mol. The quantitative estimate of drug-likeness (QED) is 0.0833. The topological polar surface area (TPSA) is 4.10 Å². The molecule has 31 heavy (non-hydrogen) atoms. The first-order valence-corrected chi connectivity index (χ1v) is 11.9. The van der Waals surface area contributed by atoms with Crippen LogP contribution in [0.15, 0.2) is 77.5 Å². The van der Waals surface area contributed by atoms with Crippen molar-refractivity contribution in [2.75, 3.05) is 0 Å². The van der Waals surface area contributed by atoms with E-state index in [9.17, 15) is 25.2 Å². The van der Waals surface area contributed by atoms with Crippen LogP contribution in [0.3, 0.4) is 0 Å². The molecular weight excluding hydrogens is 503 g/mol. The van der Waals surface area contributed by atoms with Crippen molar-refractivity contribution in [1.29, 1.82) is 0 Å². The number of aromatic nitrogens is 1. The van der Waals surface area contributed by atoms with E-state index < -0.39 is 7.81 Å². The fourth-order valence-electron chi connectivity index (χ4n) is 3.66. The van der Waals surface area contributed by atoms with E-state index in [4.69, 9.17) is 0 Å². The van der Waals surface area contributed by atoms with Crippen LogP contribution in [0.2, 0.25) is 0 Å². The third-order valence-electron chi connectivity index (χ3n) is 4.80. The summed E-state index contributed by atoms with van der Waals surface area (Å²) in [6.07, 6.45) is 4.31. The number of benzene rings is 3. The summed E-state index contributed by atoms with van der Waals surface area (Å²) in [6, 6.07) is 22.0. The van der Waals surface area contributed by atoms with Crippen LogP contribution in [0.1, 0.15) is 5.56 Å². The number of fused-ring (bicyclic) bond motifs is 7. The summed E-state index contributed by atoms with van der Waals surface area (Å²) in [4.78, 5) is 0. The molecule has 5 aromatic rings. The molecule has 0 saturated carbocycles. The molecule has 9 heteroatoms. The van der Waals surface area contributed by atoms with E-state index in [0.29, 0.717) is 0 Å². The van der Waals surface area contributed by atoms with Gasteiger partial charge in [-0.25, -0.2) is 0 Å². The molecular formula is C22H15BrF6NP. The van der Waals surface area contributed by atoms with Crippen LogP contribution in [0.5, 0.6) is 0 Å². The Balaban J connectivity index is 0.000000289. The normalized spacial score (nSPS) is 14.3. The SMILES string of the molecule is Cc1ccc2cc[n+]3ccc4ccc5ccc(Br)cc5c4c3c2c1.F[P-](F)(F)(F)(F)F. The number of hydrogen-bond acceptors (Lipinski definition) is 0. The summed E-state index contributed by atoms with van der Waals surface area (Å²) in [5.74, 6) is 0. The maximum atomic E-state index is 9.87. The fourth-order valence-corrected chi connectivity index (χ4v) is 4.02. The molecule has 0 aliphatic carbocycles. The Hall–Kier alpha value is -2.44. The van der Waals surface area contributed by atoms with Gasteiger partial charge in [-0.15, -0.1) is 0 Å². The molecule has 0 radical (unpaired) electrons. The van der Waals surface area contributed by atoms with E-state index in [1.807, 2.05) is 0 Å². The van der Waals surface area contributed by atoms with Gasteiger partial charge in [-0.2, -0.15) is 4.40 Å². The van der Waals surface area contributed by atoms with Gasteiger partial charge in [0.1, 0.15) is 0 Å². The van der Waals surface area contributed by atoms with Crippen molar-refractivity contribution >= 4 is 61.6 Å². The molecule has 0 unspecified atom stereocenters. The standard InChI is InChI=1S/C22H15BrN.F6P/c1-14-2-3-16-8-10-24-11-9-17-5-4-15-6-7-18(23)13-19(15)21(17)22(24)20(16)12-14;1-7(2,3,4,5)6/h2-13H,1H3;/q+1;-1. The summed E-state index contributed by atoms with van der Waals surface area (Å²) in [5.41, 5.74) is 2.56. The molecule has 0 amide bonds. The van der Waals surface area contributed by atoms with Gasteiger partial charge in [0, 0.05) is 16.6 Å². The monoisotopic (exact) mass is 517 g/mol. The third-order valence-corrected chi connectivity index (χ3v) is 5.30. The van der Waals surface area contributed by atoms with E-state index in [1.54, 1.807) is 0 Å². The molecule has 0 fully saturated rings. The molecule has 5 rings (SSSR count). The second-order valence-electron chi connectivity index (χ2n) is 7.33. The van der Waals surface area contributed by atoms with E-state index in [2.05, 4.69) is 100 Å². The van der Waals surface area contributed by atoms with Gasteiger partial charge >= 0.3 is 33.0 Å². The Labute approximate surface area is 181 Å². The minimum atomic E-state index is -10.7. The first kappa shape index (κ1) is 21.8. The molecule has 0 aliphatic heterocycles. The summed E-state index contributed by atoms with van der Waals surface area (Å²) in [7, 11) is -10.7. The molecule has 3 aromatic carbocycles. The van der Waals surface area contributed by atoms with E-state index in [1.165, 1.54) is 43.4 Å². The van der Waals surface area contributed by atoms with E-state index in [0.717, 1.165) is 4.47 Å². The zero-order chi connectivity index (χ0) is 22.7. The molecule has 0 aliphatic rings. The summed E-state index contributed by atoms with van der Waals surface area (Å²) in [6.45, 7) is 2.16. The van der Waals surface area contributed by atoms with Gasteiger partial charge in [0.25, 0.3) is 0 Å². The molecule has 0 N–H and O–H groups in total. The van der Waals surface area contributed by atoms with Crippen LogP contribution in [0, 0.1) is 6.92 Å². The number of halogens is 7. The molecule has 0 saturated heterocycles. The zero-order valence-electron chi connectivity index (χ0n) is 16.0. The van der Waals surface area contributed by atoms with Crippen LogP contribution in [-0.2, 0) is 0 Å². The van der Waals surface area contributed by atoms with Crippen LogP contribution in [-0.4, -0.2) is 0 Å². The molecule has 0 atom stereocenters. The van der Waals surface area contributed by atoms with Gasteiger partial charge in [0.15, 0.2) is 12.4 Å². The van der Waals surface area contributed by atoms with Crippen LogP contribution < -0.4 is 4.40 Å². The summed E-state index contributed by atoms with van der Waals surface area (Å²) in [5, 5.41) is 7.72. The van der Waals surface area contributed by atoms with Crippen molar-refractivity contribution in [3.8, 4) is 0 Å². The maximum absolute atomic E-state index is 10.7. The predicted octanol–water partition coefficient (Wildman–Crippen LogP) is 9.34. The van der Waals surface area contributed by atoms with Crippen LogP contribution in [0.4, 0.5) is 25.2 Å². The van der Waals surface area contributed by atoms with Crippen LogP contribution >= 0.6 is 23.7 Å². The number of rotatable bonds is 0.